The van der Waals surface area contributed by atoms with E-state index < -0.39 is 10.0 Å². The number of H-pyrrole nitrogens is 1. The Morgan fingerprint density at radius 3 is 2.85 bits per heavy atom. The van der Waals surface area contributed by atoms with Crippen LogP contribution in [0.1, 0.15) is 6.92 Å². The fraction of sp³-hybridized carbons (Fsp3) is 0.417. The Kier molecular flexibility index (Phi) is 4.56. The minimum absolute atomic E-state index is 0.316. The number of imidazole rings is 1. The molecule has 20 heavy (non-hydrogen) atoms. The van der Waals surface area contributed by atoms with Gasteiger partial charge in [0, 0.05) is 13.1 Å². The van der Waals surface area contributed by atoms with Crippen molar-refractivity contribution >= 4 is 32.8 Å². The van der Waals surface area contributed by atoms with Crippen LogP contribution in [0.2, 0.25) is 0 Å². The molecule has 0 aliphatic heterocycles. The lowest BCUT2D eigenvalue weighted by Gasteiger charge is -2.11. The first-order valence-corrected chi connectivity index (χ1v) is 8.90. The van der Waals surface area contributed by atoms with E-state index in [1.54, 1.807) is 0 Å². The zero-order valence-corrected chi connectivity index (χ0v) is 13.2. The van der Waals surface area contributed by atoms with Crippen LogP contribution in [-0.4, -0.2) is 48.5 Å². The number of aromatic amines is 1. The Balaban J connectivity index is 2.12. The minimum atomic E-state index is -3.17. The molecular formula is C12H17N3O3S2. The van der Waals surface area contributed by atoms with Gasteiger partial charge in [-0.05, 0) is 19.1 Å². The molecule has 1 heterocycles. The topological polar surface area (TPSA) is 75.3 Å². The number of aromatic nitrogens is 2. The van der Waals surface area contributed by atoms with Gasteiger partial charge in [0.25, 0.3) is 0 Å². The van der Waals surface area contributed by atoms with Crippen LogP contribution in [0.15, 0.2) is 23.4 Å². The molecule has 0 bridgehead atoms. The molecule has 2 rings (SSSR count). The van der Waals surface area contributed by atoms with Crippen LogP contribution < -0.4 is 4.74 Å². The zero-order valence-electron chi connectivity index (χ0n) is 11.6. The lowest BCUT2D eigenvalue weighted by atomic mass is 10.3. The van der Waals surface area contributed by atoms with E-state index in [1.165, 1.54) is 29.4 Å². The number of nitrogens with zero attached hydrogens (tertiary/aromatic N) is 2. The van der Waals surface area contributed by atoms with Crippen molar-refractivity contribution in [3.05, 3.63) is 18.2 Å². The molecule has 0 aliphatic rings. The van der Waals surface area contributed by atoms with E-state index >= 15 is 0 Å². The summed E-state index contributed by atoms with van der Waals surface area (Å²) >= 11 is 1.34. The Morgan fingerprint density at radius 1 is 1.45 bits per heavy atom. The van der Waals surface area contributed by atoms with Gasteiger partial charge in [0.2, 0.25) is 10.0 Å². The summed E-state index contributed by atoms with van der Waals surface area (Å²) in [5.41, 5.74) is 1.71. The maximum absolute atomic E-state index is 11.3. The van der Waals surface area contributed by atoms with Crippen molar-refractivity contribution in [2.24, 2.45) is 0 Å². The van der Waals surface area contributed by atoms with Gasteiger partial charge in [0.15, 0.2) is 5.16 Å². The summed E-state index contributed by atoms with van der Waals surface area (Å²) in [5.74, 6) is 1.10. The summed E-state index contributed by atoms with van der Waals surface area (Å²) in [6, 6.07) is 5.63. The number of hydrogen-bond donors (Lipinski definition) is 1. The molecule has 0 spiro atoms. The van der Waals surface area contributed by atoms with Crippen molar-refractivity contribution in [2.45, 2.75) is 12.1 Å². The molecule has 2 aromatic rings. The standard InChI is InChI=1S/C12H17N3O3S2/c1-4-18-9-5-6-10-11(7-9)14-12(13-10)19-8-15(2)20(3,16)17/h5-7H,4,8H2,1-3H3,(H,13,14). The summed E-state index contributed by atoms with van der Waals surface area (Å²) in [6.07, 6.45) is 1.18. The molecule has 8 heteroatoms. The van der Waals surface area contributed by atoms with Gasteiger partial charge < -0.3 is 9.72 Å². The van der Waals surface area contributed by atoms with Crippen LogP contribution in [0.25, 0.3) is 11.0 Å². The quantitative estimate of drug-likeness (QED) is 0.651. The van der Waals surface area contributed by atoms with E-state index in [-0.39, 0.29) is 0 Å². The SMILES string of the molecule is CCOc1ccc2nc(SCN(C)S(C)(=O)=O)[nH]c2c1. The molecule has 0 saturated carbocycles. The Hall–Kier alpha value is -1.25. The van der Waals surface area contributed by atoms with Gasteiger partial charge in [0.1, 0.15) is 5.75 Å². The average Bonchev–Trinajstić information content (AvgIpc) is 2.77. The van der Waals surface area contributed by atoms with E-state index in [4.69, 9.17) is 4.74 Å². The van der Waals surface area contributed by atoms with Gasteiger partial charge in [-0.1, -0.05) is 11.8 Å². The number of nitrogens with one attached hydrogen (secondary N) is 1. The van der Waals surface area contributed by atoms with Gasteiger partial charge in [-0.25, -0.2) is 13.4 Å². The first-order valence-electron chi connectivity index (χ1n) is 6.07. The summed E-state index contributed by atoms with van der Waals surface area (Å²) in [6.45, 7) is 2.54. The number of hydrogen-bond acceptors (Lipinski definition) is 5. The molecule has 1 aromatic heterocycles. The molecule has 6 nitrogen and oxygen atoms in total. The first-order chi connectivity index (χ1) is 9.40. The summed E-state index contributed by atoms with van der Waals surface area (Å²) in [4.78, 5) is 7.55. The third-order valence-electron chi connectivity index (χ3n) is 2.69. The lowest BCUT2D eigenvalue weighted by molar-refractivity contribution is 0.340. The van der Waals surface area contributed by atoms with Crippen molar-refractivity contribution in [1.29, 1.82) is 0 Å². The molecule has 1 N–H and O–H groups in total. The third kappa shape index (κ3) is 3.65. The highest BCUT2D eigenvalue weighted by Crippen LogP contribution is 2.23. The van der Waals surface area contributed by atoms with E-state index in [9.17, 15) is 8.42 Å². The predicted octanol–water partition coefficient (Wildman–Crippen LogP) is 1.90. The van der Waals surface area contributed by atoms with Crippen molar-refractivity contribution in [3.8, 4) is 5.75 Å². The number of benzene rings is 1. The number of rotatable bonds is 6. The highest BCUT2D eigenvalue weighted by Gasteiger charge is 2.12. The molecule has 0 radical (unpaired) electrons. The maximum Gasteiger partial charge on any atom is 0.211 e. The smallest absolute Gasteiger partial charge is 0.211 e. The molecule has 110 valence electrons. The van der Waals surface area contributed by atoms with Gasteiger partial charge in [-0.15, -0.1) is 0 Å². The number of fused-ring (bicyclic) bond motifs is 1. The van der Waals surface area contributed by atoms with Crippen molar-refractivity contribution in [3.63, 3.8) is 0 Å². The van der Waals surface area contributed by atoms with Crippen molar-refractivity contribution in [1.82, 2.24) is 14.3 Å². The molecule has 0 amide bonds. The summed E-state index contributed by atoms with van der Waals surface area (Å²) < 4.78 is 29.3. The fourth-order valence-electron chi connectivity index (χ4n) is 1.54. The van der Waals surface area contributed by atoms with Crippen LogP contribution in [0, 0.1) is 0 Å². The lowest BCUT2D eigenvalue weighted by Crippen LogP contribution is -2.24. The largest absolute Gasteiger partial charge is 0.494 e. The molecule has 1 aromatic carbocycles. The second kappa shape index (κ2) is 6.02. The fourth-order valence-corrected chi connectivity index (χ4v) is 3.11. The average molecular weight is 315 g/mol. The number of thioether (sulfide) groups is 1. The normalized spacial score (nSPS) is 12.2. The van der Waals surface area contributed by atoms with Crippen LogP contribution in [-0.2, 0) is 10.0 Å². The van der Waals surface area contributed by atoms with Crippen molar-refractivity contribution in [2.75, 3.05) is 25.8 Å². The Labute approximate surface area is 122 Å². The number of sulfonamides is 1. The van der Waals surface area contributed by atoms with Crippen LogP contribution >= 0.6 is 11.8 Å². The van der Waals surface area contributed by atoms with Gasteiger partial charge in [-0.3, -0.25) is 0 Å². The van der Waals surface area contributed by atoms with E-state index in [1.807, 2.05) is 25.1 Å². The van der Waals surface area contributed by atoms with Gasteiger partial charge >= 0.3 is 0 Å². The molecular weight excluding hydrogens is 298 g/mol. The second-order valence-electron chi connectivity index (χ2n) is 4.29. The monoisotopic (exact) mass is 315 g/mol. The number of ether oxygens (including phenoxy) is 1. The van der Waals surface area contributed by atoms with E-state index in [0.717, 1.165) is 16.8 Å². The molecule has 0 unspecified atom stereocenters. The summed E-state index contributed by atoms with van der Waals surface area (Å²) in [7, 11) is -1.63. The molecule has 0 atom stereocenters. The van der Waals surface area contributed by atoms with Gasteiger partial charge in [-0.2, -0.15) is 4.31 Å². The van der Waals surface area contributed by atoms with Crippen LogP contribution in [0.5, 0.6) is 5.75 Å². The molecule has 0 aliphatic carbocycles. The van der Waals surface area contributed by atoms with E-state index in [2.05, 4.69) is 9.97 Å². The van der Waals surface area contributed by atoms with Crippen LogP contribution in [0.3, 0.4) is 0 Å². The maximum atomic E-state index is 11.3. The third-order valence-corrected chi connectivity index (χ3v) is 5.10. The predicted molar refractivity (Wildman–Crippen MR) is 80.6 cm³/mol. The summed E-state index contributed by atoms with van der Waals surface area (Å²) in [5, 5.41) is 0.684. The molecule has 0 saturated heterocycles. The second-order valence-corrected chi connectivity index (χ2v) is 7.31. The highest BCUT2D eigenvalue weighted by atomic mass is 32.2. The molecule has 0 fully saturated rings. The Bertz CT molecular complexity index is 697. The highest BCUT2D eigenvalue weighted by molar-refractivity contribution is 8.00. The Morgan fingerprint density at radius 2 is 2.20 bits per heavy atom. The van der Waals surface area contributed by atoms with Crippen molar-refractivity contribution < 1.29 is 13.2 Å². The van der Waals surface area contributed by atoms with Crippen LogP contribution in [0.4, 0.5) is 0 Å². The zero-order chi connectivity index (χ0) is 14.8. The van der Waals surface area contributed by atoms with Gasteiger partial charge in [0.05, 0.1) is 29.8 Å². The minimum Gasteiger partial charge on any atom is -0.494 e. The van der Waals surface area contributed by atoms with E-state index in [0.29, 0.717) is 17.6 Å². The first kappa shape index (κ1) is 15.1.